The number of esters is 4. The van der Waals surface area contributed by atoms with Gasteiger partial charge in [-0.05, 0) is 53.4 Å². The Balaban J connectivity index is -0.000000648. The molecule has 0 rings (SSSR count). The minimum atomic E-state index is -1.75. The molecule has 0 radical (unpaired) electrons. The molecule has 12 nitrogen and oxygen atoms in total. The summed E-state index contributed by atoms with van der Waals surface area (Å²) in [6.07, 6.45) is 7.48. The quantitative estimate of drug-likeness (QED) is 0.0798. The van der Waals surface area contributed by atoms with E-state index in [-0.39, 0.29) is 61.9 Å². The van der Waals surface area contributed by atoms with Crippen molar-refractivity contribution in [3.05, 3.63) is 49.6 Å². The number of allylic oxidation sites excluding steroid dienone is 2. The average Bonchev–Trinajstić information content (AvgIpc) is 2.84. The van der Waals surface area contributed by atoms with Gasteiger partial charge in [-0.15, -0.1) is 0 Å². The number of carbonyl (C=O) groups is 6. The van der Waals surface area contributed by atoms with Gasteiger partial charge < -0.3 is 38.7 Å². The van der Waals surface area contributed by atoms with Crippen LogP contribution in [0.1, 0.15) is 53.4 Å². The van der Waals surface area contributed by atoms with E-state index in [4.69, 9.17) is 18.9 Å². The van der Waals surface area contributed by atoms with E-state index in [1.165, 1.54) is 26.0 Å². The van der Waals surface area contributed by atoms with Gasteiger partial charge in [-0.3, -0.25) is 0 Å². The molecule has 2 unspecified atom stereocenters. The molecule has 39 heavy (non-hydrogen) atoms. The van der Waals surface area contributed by atoms with Crippen LogP contribution in [-0.4, -0.2) is 83.3 Å². The molecule has 0 saturated carbocycles. The minimum Gasteiger partial charge on any atom is -0.546 e. The Morgan fingerprint density at radius 3 is 1.21 bits per heavy atom. The standard InChI is InChI=1S/2C13H18O6.Mg/c2*1-4-7-11(15)19-13(3,12(16)17)8-6-9-18-10(14)5-2;/h2*4-5,7H,2,6,8-9H2,1,3H3,(H,16,17);/q;;+2/p-2. The molecule has 0 fully saturated rings. The van der Waals surface area contributed by atoms with E-state index >= 15 is 0 Å². The van der Waals surface area contributed by atoms with Crippen LogP contribution in [0.2, 0.25) is 0 Å². The first-order valence-corrected chi connectivity index (χ1v) is 11.4. The van der Waals surface area contributed by atoms with E-state index in [1.54, 1.807) is 13.8 Å². The van der Waals surface area contributed by atoms with E-state index in [0.717, 1.165) is 24.3 Å². The fraction of sp³-hybridized carbons (Fsp3) is 0.462. The Bertz CT molecular complexity index is 850. The Kier molecular flexibility index (Phi) is 22.1. The van der Waals surface area contributed by atoms with Crippen LogP contribution in [0.3, 0.4) is 0 Å². The molecule has 212 valence electrons. The van der Waals surface area contributed by atoms with E-state index in [2.05, 4.69) is 13.2 Å². The SMILES string of the molecule is C=CC(=O)OCCCC(C)(OC(=O)C=CC)C(=O)[O-].C=CC(=O)OCCCC(C)(OC(=O)C=CC)C(=O)[O-].[Mg+2]. The molecule has 0 amide bonds. The second kappa shape index (κ2) is 21.5. The van der Waals surface area contributed by atoms with Crippen molar-refractivity contribution in [3.8, 4) is 0 Å². The third kappa shape index (κ3) is 18.4. The van der Waals surface area contributed by atoms with Gasteiger partial charge in [0.2, 0.25) is 0 Å². The molecule has 0 N–H and O–H groups in total. The van der Waals surface area contributed by atoms with Crippen molar-refractivity contribution < 1.29 is 57.9 Å². The van der Waals surface area contributed by atoms with Crippen LogP contribution in [0.5, 0.6) is 0 Å². The van der Waals surface area contributed by atoms with Crippen LogP contribution < -0.4 is 10.2 Å². The monoisotopic (exact) mass is 562 g/mol. The van der Waals surface area contributed by atoms with Crippen molar-refractivity contribution in [3.63, 3.8) is 0 Å². The van der Waals surface area contributed by atoms with Gasteiger partial charge in [0.1, 0.15) is 11.2 Å². The van der Waals surface area contributed by atoms with Gasteiger partial charge >= 0.3 is 46.9 Å². The Morgan fingerprint density at radius 2 is 0.974 bits per heavy atom. The zero-order valence-corrected chi connectivity index (χ0v) is 24.1. The number of rotatable bonds is 16. The zero-order chi connectivity index (χ0) is 29.8. The molecule has 13 heteroatoms. The van der Waals surface area contributed by atoms with E-state index in [0.29, 0.717) is 0 Å². The fourth-order valence-electron chi connectivity index (χ4n) is 2.46. The molecular formula is C26H34MgO12. The van der Waals surface area contributed by atoms with E-state index in [9.17, 15) is 39.0 Å². The molecule has 0 aromatic heterocycles. The van der Waals surface area contributed by atoms with Crippen molar-refractivity contribution in [2.45, 2.75) is 64.6 Å². The number of aliphatic carboxylic acids is 2. The normalized spacial score (nSPS) is 13.2. The largest absolute Gasteiger partial charge is 2.00 e. The summed E-state index contributed by atoms with van der Waals surface area (Å²) >= 11 is 0. The number of hydrogen-bond acceptors (Lipinski definition) is 12. The maximum atomic E-state index is 11.3. The molecule has 0 aliphatic carbocycles. The molecule has 0 bridgehead atoms. The molecular weight excluding hydrogens is 529 g/mol. The van der Waals surface area contributed by atoms with Crippen LogP contribution in [0, 0.1) is 0 Å². The van der Waals surface area contributed by atoms with Gasteiger partial charge in [0, 0.05) is 24.3 Å². The van der Waals surface area contributed by atoms with Crippen LogP contribution in [0.15, 0.2) is 49.6 Å². The zero-order valence-electron chi connectivity index (χ0n) is 22.7. The number of carboxylic acid groups (broad SMARTS) is 2. The van der Waals surface area contributed by atoms with E-state index in [1.807, 2.05) is 0 Å². The summed E-state index contributed by atoms with van der Waals surface area (Å²) in [5.74, 6) is -5.72. The predicted octanol–water partition coefficient (Wildman–Crippen LogP) is -0.133. The van der Waals surface area contributed by atoms with Gasteiger partial charge in [0.15, 0.2) is 0 Å². The molecule has 0 aliphatic heterocycles. The Hall–Kier alpha value is -3.45. The molecule has 0 spiro atoms. The van der Waals surface area contributed by atoms with Crippen molar-refractivity contribution in [2.24, 2.45) is 0 Å². The van der Waals surface area contributed by atoms with Crippen molar-refractivity contribution in [1.82, 2.24) is 0 Å². The first kappa shape index (κ1) is 40.0. The second-order valence-corrected chi connectivity index (χ2v) is 7.83. The Labute approximate surface area is 243 Å². The maximum absolute atomic E-state index is 11.3. The van der Waals surface area contributed by atoms with Crippen molar-refractivity contribution in [2.75, 3.05) is 13.2 Å². The fourth-order valence-corrected chi connectivity index (χ4v) is 2.46. The average molecular weight is 563 g/mol. The molecule has 0 saturated heterocycles. The third-order valence-electron chi connectivity index (χ3n) is 4.54. The maximum Gasteiger partial charge on any atom is 2.00 e. The summed E-state index contributed by atoms with van der Waals surface area (Å²) in [5.41, 5.74) is -3.51. The van der Waals surface area contributed by atoms with Crippen LogP contribution in [-0.2, 0) is 47.7 Å². The predicted molar refractivity (Wildman–Crippen MR) is 135 cm³/mol. The molecule has 2 atom stereocenters. The summed E-state index contributed by atoms with van der Waals surface area (Å²) in [6, 6.07) is 0. The smallest absolute Gasteiger partial charge is 0.546 e. The first-order chi connectivity index (χ1) is 17.7. The summed E-state index contributed by atoms with van der Waals surface area (Å²) in [4.78, 5) is 66.1. The van der Waals surface area contributed by atoms with E-state index < -0.39 is 47.0 Å². The second-order valence-electron chi connectivity index (χ2n) is 7.83. The van der Waals surface area contributed by atoms with Gasteiger partial charge in [0.25, 0.3) is 0 Å². The van der Waals surface area contributed by atoms with Crippen LogP contribution >= 0.6 is 0 Å². The number of carbonyl (C=O) groups excluding carboxylic acids is 6. The van der Waals surface area contributed by atoms with Crippen molar-refractivity contribution in [1.29, 1.82) is 0 Å². The molecule has 0 heterocycles. The number of hydrogen-bond donors (Lipinski definition) is 0. The van der Waals surface area contributed by atoms with Gasteiger partial charge in [-0.2, -0.15) is 0 Å². The van der Waals surface area contributed by atoms with Gasteiger partial charge in [-0.25, -0.2) is 19.2 Å². The summed E-state index contributed by atoms with van der Waals surface area (Å²) in [5, 5.41) is 22.0. The van der Waals surface area contributed by atoms with Crippen LogP contribution in [0.25, 0.3) is 0 Å². The summed E-state index contributed by atoms with van der Waals surface area (Å²) < 4.78 is 19.0. The summed E-state index contributed by atoms with van der Waals surface area (Å²) in [6.45, 7) is 12.1. The van der Waals surface area contributed by atoms with Crippen LogP contribution in [0.4, 0.5) is 0 Å². The van der Waals surface area contributed by atoms with Gasteiger partial charge in [-0.1, -0.05) is 25.3 Å². The number of ether oxygens (including phenoxy) is 4. The first-order valence-electron chi connectivity index (χ1n) is 11.4. The third-order valence-corrected chi connectivity index (χ3v) is 4.54. The number of carboxylic acids is 2. The summed E-state index contributed by atoms with van der Waals surface area (Å²) in [7, 11) is 0. The van der Waals surface area contributed by atoms with Gasteiger partial charge in [0.05, 0.1) is 25.2 Å². The van der Waals surface area contributed by atoms with Crippen molar-refractivity contribution >= 4 is 58.9 Å². The molecule has 0 aromatic carbocycles. The molecule has 0 aromatic rings. The Morgan fingerprint density at radius 1 is 0.667 bits per heavy atom. The molecule has 0 aliphatic rings. The topological polar surface area (TPSA) is 185 Å². The minimum absolute atomic E-state index is 0.